The summed E-state index contributed by atoms with van der Waals surface area (Å²) in [5.74, 6) is 1.15. The van der Waals surface area contributed by atoms with Crippen molar-refractivity contribution in [2.45, 2.75) is 33.1 Å². The predicted octanol–water partition coefficient (Wildman–Crippen LogP) is 11.4. The maximum Gasteiger partial charge on any atom is 0.118 e. The first kappa shape index (κ1) is 29.0. The van der Waals surface area contributed by atoms with Gasteiger partial charge in [0.2, 0.25) is 0 Å². The van der Waals surface area contributed by atoms with Crippen molar-refractivity contribution in [1.29, 1.82) is 0 Å². The van der Waals surface area contributed by atoms with Crippen LogP contribution in [0.5, 0.6) is 11.5 Å². The summed E-state index contributed by atoms with van der Waals surface area (Å²) in [7, 11) is 1.69. The normalized spacial score (nSPS) is 12.5. The van der Waals surface area contributed by atoms with Crippen molar-refractivity contribution in [2.24, 2.45) is 0 Å². The number of methoxy groups -OCH3 is 1. The molecule has 0 saturated carbocycles. The number of fused-ring (bicyclic) bond motifs is 3. The summed E-state index contributed by atoms with van der Waals surface area (Å²) in [5.41, 5.74) is 14.8. The minimum atomic E-state index is -0.105. The van der Waals surface area contributed by atoms with E-state index in [4.69, 9.17) is 4.74 Å². The van der Waals surface area contributed by atoms with Crippen LogP contribution in [0.4, 0.5) is 0 Å². The second-order valence-corrected chi connectivity index (χ2v) is 11.6. The molecule has 0 aliphatic heterocycles. The molecule has 0 radical (unpaired) electrons. The van der Waals surface area contributed by atoms with Gasteiger partial charge in [0.1, 0.15) is 11.5 Å². The Morgan fingerprint density at radius 3 is 1.09 bits per heavy atom. The van der Waals surface area contributed by atoms with Crippen molar-refractivity contribution in [3.8, 4) is 67.1 Å². The van der Waals surface area contributed by atoms with Crippen LogP contribution in [0, 0.1) is 0 Å². The standard InChI is InChI=1S/C40H32O2.C2H6/c1-40(2)38-24-32(30-8-4-26(5-9-30)28-12-18-34(41)19-13-28)16-22-36(38)37-23-17-33(25-39(37)40)31-10-6-27(7-11-31)29-14-20-35(42-3)21-15-29;1-2/h4-25,41H,1-3H3;1-2H3. The molecule has 6 aromatic carbocycles. The van der Waals surface area contributed by atoms with Crippen LogP contribution in [-0.2, 0) is 5.41 Å². The Morgan fingerprint density at radius 2 is 0.727 bits per heavy atom. The highest BCUT2D eigenvalue weighted by atomic mass is 16.5. The SMILES string of the molecule is CC.COc1ccc(-c2ccc(-c3ccc4c(c3)C(C)(C)c3cc(-c5ccc(-c6ccc(O)cc6)cc5)ccc3-4)cc2)cc1. The van der Waals surface area contributed by atoms with Crippen LogP contribution in [0.2, 0.25) is 0 Å². The molecule has 2 nitrogen and oxygen atoms in total. The molecule has 0 amide bonds. The Balaban J connectivity index is 0.00000168. The molecule has 6 aromatic rings. The van der Waals surface area contributed by atoms with E-state index in [1.54, 1.807) is 19.2 Å². The van der Waals surface area contributed by atoms with E-state index in [9.17, 15) is 5.11 Å². The second-order valence-electron chi connectivity index (χ2n) is 11.6. The third-order valence-electron chi connectivity index (χ3n) is 8.74. The molecule has 7 rings (SSSR count). The summed E-state index contributed by atoms with van der Waals surface area (Å²) >= 11 is 0. The van der Waals surface area contributed by atoms with Crippen molar-refractivity contribution in [1.82, 2.24) is 0 Å². The van der Waals surface area contributed by atoms with Crippen molar-refractivity contribution < 1.29 is 9.84 Å². The molecule has 2 heteroatoms. The van der Waals surface area contributed by atoms with Gasteiger partial charge in [0.05, 0.1) is 7.11 Å². The Morgan fingerprint density at radius 1 is 0.432 bits per heavy atom. The molecule has 1 N–H and O–H groups in total. The van der Waals surface area contributed by atoms with E-state index in [0.29, 0.717) is 0 Å². The van der Waals surface area contributed by atoms with Gasteiger partial charge in [-0.05, 0) is 103 Å². The van der Waals surface area contributed by atoms with Gasteiger partial charge in [-0.25, -0.2) is 0 Å². The van der Waals surface area contributed by atoms with E-state index in [0.717, 1.165) is 16.9 Å². The molecule has 0 saturated heterocycles. The summed E-state index contributed by atoms with van der Waals surface area (Å²) in [5, 5.41) is 9.61. The lowest BCUT2D eigenvalue weighted by atomic mass is 9.80. The molecule has 0 atom stereocenters. The molecule has 44 heavy (non-hydrogen) atoms. The molecule has 0 unspecified atom stereocenters. The first-order valence-corrected chi connectivity index (χ1v) is 15.3. The van der Waals surface area contributed by atoms with Crippen molar-refractivity contribution >= 4 is 0 Å². The number of ether oxygens (including phenoxy) is 1. The zero-order valence-corrected chi connectivity index (χ0v) is 26.1. The molecule has 1 aliphatic rings. The summed E-state index contributed by atoms with van der Waals surface area (Å²) in [6, 6.07) is 46.9. The van der Waals surface area contributed by atoms with E-state index in [2.05, 4.69) is 111 Å². The van der Waals surface area contributed by atoms with Gasteiger partial charge in [-0.2, -0.15) is 0 Å². The Hall–Kier alpha value is -5.08. The molecule has 0 spiro atoms. The zero-order chi connectivity index (χ0) is 30.8. The first-order valence-electron chi connectivity index (χ1n) is 15.3. The maximum absolute atomic E-state index is 9.61. The minimum Gasteiger partial charge on any atom is -0.508 e. The van der Waals surface area contributed by atoms with Gasteiger partial charge in [0.15, 0.2) is 0 Å². The number of aromatic hydroxyl groups is 1. The maximum atomic E-state index is 9.61. The molecule has 0 aromatic heterocycles. The van der Waals surface area contributed by atoms with Gasteiger partial charge in [-0.15, -0.1) is 0 Å². The lowest BCUT2D eigenvalue weighted by Gasteiger charge is -2.22. The quantitative estimate of drug-likeness (QED) is 0.222. The zero-order valence-electron chi connectivity index (χ0n) is 26.1. The van der Waals surface area contributed by atoms with Crippen LogP contribution in [0.3, 0.4) is 0 Å². The fraction of sp³-hybridized carbons (Fsp3) is 0.143. The summed E-state index contributed by atoms with van der Waals surface area (Å²) in [4.78, 5) is 0. The average molecular weight is 575 g/mol. The van der Waals surface area contributed by atoms with Gasteiger partial charge in [0.25, 0.3) is 0 Å². The predicted molar refractivity (Wildman–Crippen MR) is 185 cm³/mol. The largest absolute Gasteiger partial charge is 0.508 e. The molecular weight excluding hydrogens is 536 g/mol. The van der Waals surface area contributed by atoms with Crippen LogP contribution in [0.15, 0.2) is 133 Å². The van der Waals surface area contributed by atoms with Crippen molar-refractivity contribution in [3.05, 3.63) is 145 Å². The Kier molecular flexibility index (Phi) is 7.84. The van der Waals surface area contributed by atoms with Gasteiger partial charge in [0, 0.05) is 5.41 Å². The first-order chi connectivity index (χ1) is 21.4. The van der Waals surface area contributed by atoms with E-state index in [1.165, 1.54) is 55.6 Å². The number of phenols is 1. The van der Waals surface area contributed by atoms with E-state index in [-0.39, 0.29) is 11.2 Å². The number of rotatable bonds is 5. The highest BCUT2D eigenvalue weighted by molar-refractivity contribution is 5.86. The van der Waals surface area contributed by atoms with Gasteiger partial charge >= 0.3 is 0 Å². The smallest absolute Gasteiger partial charge is 0.118 e. The number of hydrogen-bond donors (Lipinski definition) is 1. The lowest BCUT2D eigenvalue weighted by molar-refractivity contribution is 0.415. The Bertz CT molecular complexity index is 1890. The lowest BCUT2D eigenvalue weighted by Crippen LogP contribution is -2.15. The van der Waals surface area contributed by atoms with E-state index >= 15 is 0 Å². The topological polar surface area (TPSA) is 29.5 Å². The Labute approximate surface area is 261 Å². The minimum absolute atomic E-state index is 0.105. The van der Waals surface area contributed by atoms with Gasteiger partial charge in [-0.3, -0.25) is 0 Å². The van der Waals surface area contributed by atoms with Crippen LogP contribution in [0.1, 0.15) is 38.8 Å². The molecule has 218 valence electrons. The highest BCUT2D eigenvalue weighted by Crippen LogP contribution is 2.50. The molecular formula is C42H38O2. The fourth-order valence-electron chi connectivity index (χ4n) is 6.24. The highest BCUT2D eigenvalue weighted by Gasteiger charge is 2.35. The van der Waals surface area contributed by atoms with Gasteiger partial charge in [-0.1, -0.05) is 125 Å². The van der Waals surface area contributed by atoms with Crippen molar-refractivity contribution in [2.75, 3.05) is 7.11 Å². The van der Waals surface area contributed by atoms with Crippen LogP contribution < -0.4 is 4.74 Å². The van der Waals surface area contributed by atoms with Gasteiger partial charge < -0.3 is 9.84 Å². The number of hydrogen-bond acceptors (Lipinski definition) is 2. The van der Waals surface area contributed by atoms with Crippen LogP contribution >= 0.6 is 0 Å². The van der Waals surface area contributed by atoms with Crippen LogP contribution in [-0.4, -0.2) is 12.2 Å². The molecule has 1 aliphatic carbocycles. The van der Waals surface area contributed by atoms with E-state index < -0.39 is 0 Å². The third kappa shape index (κ3) is 5.29. The third-order valence-corrected chi connectivity index (χ3v) is 8.74. The number of benzene rings is 6. The molecule has 0 heterocycles. The average Bonchev–Trinajstić information content (AvgIpc) is 3.31. The summed E-state index contributed by atoms with van der Waals surface area (Å²) in [6.07, 6.45) is 0. The monoisotopic (exact) mass is 574 g/mol. The molecule has 0 fully saturated rings. The summed E-state index contributed by atoms with van der Waals surface area (Å²) < 4.78 is 5.30. The second kappa shape index (κ2) is 11.9. The molecule has 0 bridgehead atoms. The van der Waals surface area contributed by atoms with Crippen molar-refractivity contribution in [3.63, 3.8) is 0 Å². The van der Waals surface area contributed by atoms with Crippen LogP contribution in [0.25, 0.3) is 55.6 Å². The number of phenolic OH excluding ortho intramolecular Hbond substituents is 1. The fourth-order valence-corrected chi connectivity index (χ4v) is 6.24. The van der Waals surface area contributed by atoms with E-state index in [1.807, 2.05) is 38.1 Å². The summed E-state index contributed by atoms with van der Waals surface area (Å²) in [6.45, 7) is 8.68.